The third-order valence-electron chi connectivity index (χ3n) is 3.15. The van der Waals surface area contributed by atoms with Crippen molar-refractivity contribution in [2.24, 2.45) is 5.41 Å². The minimum Gasteiger partial charge on any atom is -0.119 e. The van der Waals surface area contributed by atoms with E-state index in [0.29, 0.717) is 0 Å². The van der Waals surface area contributed by atoms with E-state index in [1.54, 1.807) is 0 Å². The number of alkyl halides is 1. The van der Waals surface area contributed by atoms with Gasteiger partial charge in [0.05, 0.1) is 0 Å². The largest absolute Gasteiger partial charge is 0.119 e. The molecule has 0 nitrogen and oxygen atoms in total. The van der Waals surface area contributed by atoms with E-state index in [-0.39, 0.29) is 10.3 Å². The van der Waals surface area contributed by atoms with E-state index in [0.717, 1.165) is 0 Å². The fraction of sp³-hybridized carbons (Fsp3) is 0.600. The first kappa shape index (κ1) is 15.5. The van der Waals surface area contributed by atoms with Gasteiger partial charge in [0.25, 0.3) is 0 Å². The van der Waals surface area contributed by atoms with Crippen molar-refractivity contribution in [3.8, 4) is 0 Å². The van der Waals surface area contributed by atoms with E-state index in [4.69, 9.17) is 11.6 Å². The fourth-order valence-electron chi connectivity index (χ4n) is 1.31. The zero-order chi connectivity index (χ0) is 12.7. The highest BCUT2D eigenvalue weighted by Gasteiger charge is 2.33. The van der Waals surface area contributed by atoms with E-state index in [1.807, 2.05) is 36.4 Å². The summed E-state index contributed by atoms with van der Waals surface area (Å²) < 4.78 is 0. The maximum atomic E-state index is 6.20. The first-order chi connectivity index (χ1) is 7.31. The van der Waals surface area contributed by atoms with Crippen molar-refractivity contribution in [2.45, 2.75) is 52.3 Å². The number of halogens is 1. The van der Waals surface area contributed by atoms with Gasteiger partial charge in [-0.25, -0.2) is 0 Å². The van der Waals surface area contributed by atoms with Crippen molar-refractivity contribution in [3.05, 3.63) is 36.4 Å². The van der Waals surface area contributed by atoms with Crippen LogP contribution >= 0.6 is 11.6 Å². The fourth-order valence-corrected chi connectivity index (χ4v) is 1.40. The van der Waals surface area contributed by atoms with Crippen LogP contribution in [0.1, 0.15) is 47.5 Å². The Morgan fingerprint density at radius 2 is 1.12 bits per heavy atom. The Balaban J connectivity index is 0.000000315. The molecule has 1 heteroatoms. The minimum absolute atomic E-state index is 0.0803. The molecule has 1 aromatic carbocycles. The highest BCUT2D eigenvalue weighted by Crippen LogP contribution is 2.39. The molecular weight excluding hydrogens is 216 g/mol. The molecule has 1 aromatic rings. The van der Waals surface area contributed by atoms with Crippen molar-refractivity contribution >= 4 is 11.6 Å². The highest BCUT2D eigenvalue weighted by molar-refractivity contribution is 6.23. The molecule has 1 rings (SSSR count). The van der Waals surface area contributed by atoms with Gasteiger partial charge in [0.2, 0.25) is 0 Å². The summed E-state index contributed by atoms with van der Waals surface area (Å²) in [5, 5.41) is 0. The maximum absolute atomic E-state index is 6.20. The SMILES string of the molecule is CCCC(C)(C)C(C)(C)Cl.c1ccccc1. The normalized spacial score (nSPS) is 11.6. The van der Waals surface area contributed by atoms with Gasteiger partial charge in [-0.15, -0.1) is 11.6 Å². The molecular formula is C15H25Cl. The molecule has 0 heterocycles. The first-order valence-electron chi connectivity index (χ1n) is 6.00. The van der Waals surface area contributed by atoms with E-state index < -0.39 is 0 Å². The number of rotatable bonds is 3. The van der Waals surface area contributed by atoms with Crippen molar-refractivity contribution in [1.82, 2.24) is 0 Å². The Kier molecular flexibility index (Phi) is 6.74. The molecule has 0 bridgehead atoms. The van der Waals surface area contributed by atoms with Crippen LogP contribution in [0.4, 0.5) is 0 Å². The first-order valence-corrected chi connectivity index (χ1v) is 6.38. The Morgan fingerprint density at radius 1 is 0.812 bits per heavy atom. The lowest BCUT2D eigenvalue weighted by atomic mass is 9.77. The highest BCUT2D eigenvalue weighted by atomic mass is 35.5. The van der Waals surface area contributed by atoms with Crippen LogP contribution < -0.4 is 0 Å². The molecule has 0 saturated carbocycles. The second kappa shape index (κ2) is 6.96. The monoisotopic (exact) mass is 240 g/mol. The molecule has 0 aliphatic heterocycles. The van der Waals surface area contributed by atoms with Crippen LogP contribution in [0.3, 0.4) is 0 Å². The lowest BCUT2D eigenvalue weighted by Gasteiger charge is -2.36. The van der Waals surface area contributed by atoms with E-state index in [9.17, 15) is 0 Å². The molecule has 0 atom stereocenters. The summed E-state index contributed by atoms with van der Waals surface area (Å²) in [7, 11) is 0. The van der Waals surface area contributed by atoms with Gasteiger partial charge in [-0.1, -0.05) is 63.6 Å². The standard InChI is InChI=1S/C9H19Cl.C6H6/c1-6-7-8(2,3)9(4,5)10;1-2-4-6-5-3-1/h6-7H2,1-5H3;1-6H. The Bertz CT molecular complexity index is 230. The molecule has 0 spiro atoms. The van der Waals surface area contributed by atoms with Crippen molar-refractivity contribution in [1.29, 1.82) is 0 Å². The van der Waals surface area contributed by atoms with Gasteiger partial charge in [-0.3, -0.25) is 0 Å². The summed E-state index contributed by atoms with van der Waals surface area (Å²) in [5.41, 5.74) is 0.253. The van der Waals surface area contributed by atoms with Crippen LogP contribution in [-0.4, -0.2) is 4.87 Å². The topological polar surface area (TPSA) is 0 Å². The number of hydrogen-bond acceptors (Lipinski definition) is 0. The summed E-state index contributed by atoms with van der Waals surface area (Å²) in [6, 6.07) is 12.0. The summed E-state index contributed by atoms with van der Waals surface area (Å²) in [5.74, 6) is 0. The van der Waals surface area contributed by atoms with Crippen molar-refractivity contribution < 1.29 is 0 Å². The zero-order valence-electron chi connectivity index (χ0n) is 11.3. The summed E-state index contributed by atoms with van der Waals surface area (Å²) in [6.07, 6.45) is 2.41. The molecule has 0 unspecified atom stereocenters. The Labute approximate surface area is 106 Å². The Morgan fingerprint density at radius 3 is 1.25 bits per heavy atom. The second-order valence-corrected chi connectivity index (χ2v) is 6.21. The second-order valence-electron chi connectivity index (χ2n) is 5.26. The molecule has 92 valence electrons. The van der Waals surface area contributed by atoms with E-state index in [1.165, 1.54) is 12.8 Å². The van der Waals surface area contributed by atoms with Gasteiger partial charge in [-0.05, 0) is 25.7 Å². The van der Waals surface area contributed by atoms with E-state index in [2.05, 4.69) is 34.6 Å². The van der Waals surface area contributed by atoms with Gasteiger partial charge in [0, 0.05) is 4.87 Å². The van der Waals surface area contributed by atoms with Gasteiger partial charge in [-0.2, -0.15) is 0 Å². The molecule has 0 saturated heterocycles. The van der Waals surface area contributed by atoms with Crippen LogP contribution in [0.2, 0.25) is 0 Å². The summed E-state index contributed by atoms with van der Waals surface area (Å²) in [6.45, 7) is 10.8. The molecule has 0 aromatic heterocycles. The number of hydrogen-bond donors (Lipinski definition) is 0. The predicted molar refractivity (Wildman–Crippen MR) is 75.1 cm³/mol. The van der Waals surface area contributed by atoms with Gasteiger partial charge in [0.15, 0.2) is 0 Å². The van der Waals surface area contributed by atoms with Crippen LogP contribution in [0, 0.1) is 5.41 Å². The third kappa shape index (κ3) is 6.17. The quantitative estimate of drug-likeness (QED) is 0.611. The van der Waals surface area contributed by atoms with Crippen LogP contribution in [0.5, 0.6) is 0 Å². The summed E-state index contributed by atoms with van der Waals surface area (Å²) in [4.78, 5) is -0.0803. The lowest BCUT2D eigenvalue weighted by Crippen LogP contribution is -2.33. The van der Waals surface area contributed by atoms with Crippen LogP contribution in [-0.2, 0) is 0 Å². The van der Waals surface area contributed by atoms with E-state index >= 15 is 0 Å². The smallest absolute Gasteiger partial charge is 0.0441 e. The van der Waals surface area contributed by atoms with Gasteiger partial charge >= 0.3 is 0 Å². The average molecular weight is 241 g/mol. The maximum Gasteiger partial charge on any atom is 0.0441 e. The third-order valence-corrected chi connectivity index (χ3v) is 3.66. The Hall–Kier alpha value is -0.490. The average Bonchev–Trinajstić information content (AvgIpc) is 2.19. The van der Waals surface area contributed by atoms with Crippen molar-refractivity contribution in [2.75, 3.05) is 0 Å². The molecule has 0 aliphatic carbocycles. The molecule has 16 heavy (non-hydrogen) atoms. The van der Waals surface area contributed by atoms with Gasteiger partial charge in [0.1, 0.15) is 0 Å². The zero-order valence-corrected chi connectivity index (χ0v) is 12.0. The lowest BCUT2D eigenvalue weighted by molar-refractivity contribution is 0.251. The minimum atomic E-state index is -0.0803. The van der Waals surface area contributed by atoms with Crippen LogP contribution in [0.15, 0.2) is 36.4 Å². The van der Waals surface area contributed by atoms with Gasteiger partial charge < -0.3 is 0 Å². The number of benzene rings is 1. The van der Waals surface area contributed by atoms with Crippen LogP contribution in [0.25, 0.3) is 0 Å². The molecule has 0 fully saturated rings. The molecule has 0 N–H and O–H groups in total. The molecule has 0 radical (unpaired) electrons. The molecule has 0 amide bonds. The van der Waals surface area contributed by atoms with Crippen molar-refractivity contribution in [3.63, 3.8) is 0 Å². The summed E-state index contributed by atoms with van der Waals surface area (Å²) >= 11 is 6.20. The molecule has 0 aliphatic rings. The predicted octanol–water partition coefficient (Wildman–Crippen LogP) is 5.52.